The van der Waals surface area contributed by atoms with Crippen LogP contribution in [0.1, 0.15) is 31.8 Å². The number of anilines is 1. The molecule has 3 N–H and O–H groups in total. The number of carbonyl (C=O) groups excluding carboxylic acids is 2. The lowest BCUT2D eigenvalue weighted by Gasteiger charge is -2.14. The van der Waals surface area contributed by atoms with Gasteiger partial charge in [0.2, 0.25) is 0 Å². The fourth-order valence-corrected chi connectivity index (χ4v) is 4.70. The zero-order valence-corrected chi connectivity index (χ0v) is 24.5. The third kappa shape index (κ3) is 6.56. The molecular weight excluding hydrogens is 558 g/mol. The number of amides is 1. The molecule has 0 fully saturated rings. The predicted octanol–water partition coefficient (Wildman–Crippen LogP) is 7.02. The second-order valence-electron chi connectivity index (χ2n) is 10.1. The van der Waals surface area contributed by atoms with Crippen LogP contribution in [-0.4, -0.2) is 36.3 Å². The van der Waals surface area contributed by atoms with Gasteiger partial charge in [-0.05, 0) is 59.5 Å². The lowest BCUT2D eigenvalue weighted by Crippen LogP contribution is -2.16. The van der Waals surface area contributed by atoms with Crippen molar-refractivity contribution < 1.29 is 34.0 Å². The van der Waals surface area contributed by atoms with Crippen LogP contribution >= 0.6 is 0 Å². The summed E-state index contributed by atoms with van der Waals surface area (Å²) in [7, 11) is 2.74. The highest BCUT2D eigenvalue weighted by Gasteiger charge is 2.19. The topological polar surface area (TPSA) is 114 Å². The SMILES string of the molecule is COc1cc(C(=O)Nc2ccc(C(=O)Oc3ccc(-c4ccc(-c5ccc(C)cc5)cc4)cc3)cc2CO)c(OC)cc1O. The maximum atomic E-state index is 13.0. The highest BCUT2D eigenvalue weighted by atomic mass is 16.5. The third-order valence-corrected chi connectivity index (χ3v) is 7.17. The van der Waals surface area contributed by atoms with Crippen LogP contribution in [0.2, 0.25) is 0 Å². The van der Waals surface area contributed by atoms with E-state index < -0.39 is 18.5 Å². The van der Waals surface area contributed by atoms with E-state index in [9.17, 15) is 19.8 Å². The molecule has 0 spiro atoms. The molecule has 0 aliphatic rings. The molecule has 0 aliphatic heterocycles. The van der Waals surface area contributed by atoms with Crippen LogP contribution in [0.3, 0.4) is 0 Å². The summed E-state index contributed by atoms with van der Waals surface area (Å²) >= 11 is 0. The van der Waals surface area contributed by atoms with E-state index in [1.54, 1.807) is 12.1 Å². The fraction of sp³-hybridized carbons (Fsp3) is 0.111. The van der Waals surface area contributed by atoms with Crippen molar-refractivity contribution in [3.8, 4) is 45.3 Å². The molecule has 0 radical (unpaired) electrons. The Morgan fingerprint density at radius 2 is 1.25 bits per heavy atom. The molecular formula is C36H31NO7. The minimum Gasteiger partial charge on any atom is -0.504 e. The third-order valence-electron chi connectivity index (χ3n) is 7.17. The summed E-state index contributed by atoms with van der Waals surface area (Å²) in [6.07, 6.45) is 0. The first-order chi connectivity index (χ1) is 21.3. The van der Waals surface area contributed by atoms with E-state index in [0.29, 0.717) is 17.0 Å². The summed E-state index contributed by atoms with van der Waals surface area (Å²) in [4.78, 5) is 25.9. The minimum atomic E-state index is -0.613. The fourth-order valence-electron chi connectivity index (χ4n) is 4.70. The smallest absolute Gasteiger partial charge is 0.343 e. The number of aliphatic hydroxyl groups excluding tert-OH is 1. The Bertz CT molecular complexity index is 1800. The number of aryl methyl sites for hydroxylation is 1. The molecule has 8 heteroatoms. The predicted molar refractivity (Wildman–Crippen MR) is 169 cm³/mol. The number of ether oxygens (including phenoxy) is 3. The maximum absolute atomic E-state index is 13.0. The van der Waals surface area contributed by atoms with Crippen molar-refractivity contribution in [1.29, 1.82) is 0 Å². The van der Waals surface area contributed by atoms with Gasteiger partial charge < -0.3 is 29.7 Å². The van der Waals surface area contributed by atoms with E-state index in [1.165, 1.54) is 50.1 Å². The first-order valence-corrected chi connectivity index (χ1v) is 13.8. The Kier molecular flexibility index (Phi) is 8.93. The van der Waals surface area contributed by atoms with Crippen LogP contribution in [0, 0.1) is 6.92 Å². The molecule has 0 bridgehead atoms. The van der Waals surface area contributed by atoms with E-state index in [2.05, 4.69) is 60.8 Å². The van der Waals surface area contributed by atoms with Gasteiger partial charge in [0.15, 0.2) is 11.5 Å². The molecule has 0 heterocycles. The average Bonchev–Trinajstić information content (AvgIpc) is 3.05. The number of rotatable bonds is 9. The van der Waals surface area contributed by atoms with Crippen LogP contribution in [0.25, 0.3) is 22.3 Å². The largest absolute Gasteiger partial charge is 0.504 e. The van der Waals surface area contributed by atoms with Crippen molar-refractivity contribution in [1.82, 2.24) is 0 Å². The number of nitrogens with one attached hydrogen (secondary N) is 1. The summed E-state index contributed by atoms with van der Waals surface area (Å²) in [5.41, 5.74) is 6.43. The lowest BCUT2D eigenvalue weighted by atomic mass is 10.00. The normalized spacial score (nSPS) is 10.6. The first-order valence-electron chi connectivity index (χ1n) is 13.8. The second kappa shape index (κ2) is 13.1. The van der Waals surface area contributed by atoms with Crippen LogP contribution in [-0.2, 0) is 6.61 Å². The number of hydrogen-bond donors (Lipinski definition) is 3. The molecule has 5 aromatic carbocycles. The van der Waals surface area contributed by atoms with Crippen LogP contribution in [0.4, 0.5) is 5.69 Å². The highest BCUT2D eigenvalue weighted by molar-refractivity contribution is 6.07. The quantitative estimate of drug-likeness (QED) is 0.125. The summed E-state index contributed by atoms with van der Waals surface area (Å²) in [5, 5.41) is 22.7. The number of carbonyl (C=O) groups is 2. The maximum Gasteiger partial charge on any atom is 0.343 e. The van der Waals surface area contributed by atoms with Gasteiger partial charge in [0.1, 0.15) is 11.5 Å². The van der Waals surface area contributed by atoms with Gasteiger partial charge in [0.25, 0.3) is 5.91 Å². The zero-order valence-electron chi connectivity index (χ0n) is 24.5. The first kappa shape index (κ1) is 29.9. The molecule has 5 aromatic rings. The van der Waals surface area contributed by atoms with Gasteiger partial charge in [-0.3, -0.25) is 4.79 Å². The van der Waals surface area contributed by atoms with E-state index >= 15 is 0 Å². The molecule has 0 unspecified atom stereocenters. The molecule has 1 amide bonds. The van der Waals surface area contributed by atoms with Crippen molar-refractivity contribution in [2.45, 2.75) is 13.5 Å². The number of phenolic OH excluding ortho intramolecular Hbond substituents is 1. The Hall–Kier alpha value is -5.60. The number of aliphatic hydroxyl groups is 1. The summed E-state index contributed by atoms with van der Waals surface area (Å²) < 4.78 is 15.9. The molecule has 0 aliphatic carbocycles. The molecule has 8 nitrogen and oxygen atoms in total. The molecule has 0 saturated heterocycles. The monoisotopic (exact) mass is 589 g/mol. The van der Waals surface area contributed by atoms with Crippen molar-refractivity contribution in [2.75, 3.05) is 19.5 Å². The molecule has 44 heavy (non-hydrogen) atoms. The van der Waals surface area contributed by atoms with Crippen molar-refractivity contribution in [3.63, 3.8) is 0 Å². The van der Waals surface area contributed by atoms with Gasteiger partial charge in [-0.1, -0.05) is 66.2 Å². The van der Waals surface area contributed by atoms with Crippen LogP contribution in [0.15, 0.2) is 103 Å². The van der Waals surface area contributed by atoms with Gasteiger partial charge in [-0.25, -0.2) is 4.79 Å². The van der Waals surface area contributed by atoms with Gasteiger partial charge in [0, 0.05) is 23.4 Å². The molecule has 0 atom stereocenters. The summed E-state index contributed by atoms with van der Waals surface area (Å²) in [6, 6.07) is 31.0. The highest BCUT2D eigenvalue weighted by Crippen LogP contribution is 2.34. The Morgan fingerprint density at radius 3 is 1.80 bits per heavy atom. The standard InChI is InChI=1S/C36H31NO7/c1-22-4-6-23(7-5-22)24-8-10-25(11-9-24)26-12-15-29(16-13-26)44-36(41)27-14-17-31(28(18-27)21-38)37-35(40)30-19-34(43-3)32(39)20-33(30)42-2/h4-20,38-39H,21H2,1-3H3,(H,37,40). The summed E-state index contributed by atoms with van der Waals surface area (Å²) in [5.74, 6) is -0.751. The van der Waals surface area contributed by atoms with Crippen molar-refractivity contribution in [2.24, 2.45) is 0 Å². The van der Waals surface area contributed by atoms with Crippen LogP contribution < -0.4 is 19.5 Å². The van der Waals surface area contributed by atoms with Gasteiger partial charge in [0.05, 0.1) is 32.0 Å². The molecule has 222 valence electrons. The Morgan fingerprint density at radius 1 is 0.705 bits per heavy atom. The zero-order chi connectivity index (χ0) is 31.2. The van der Waals surface area contributed by atoms with Crippen LogP contribution in [0.5, 0.6) is 23.0 Å². The Balaban J connectivity index is 1.26. The molecule has 0 saturated carbocycles. The number of esters is 1. The number of methoxy groups -OCH3 is 2. The number of phenols is 1. The number of aromatic hydroxyl groups is 1. The van der Waals surface area contributed by atoms with E-state index in [1.807, 2.05) is 12.1 Å². The van der Waals surface area contributed by atoms with Gasteiger partial charge in [-0.2, -0.15) is 0 Å². The lowest BCUT2D eigenvalue weighted by molar-refractivity contribution is 0.0734. The Labute approximate surface area is 255 Å². The second-order valence-corrected chi connectivity index (χ2v) is 10.1. The molecule has 5 rings (SSSR count). The summed E-state index contributed by atoms with van der Waals surface area (Å²) in [6.45, 7) is 1.62. The van der Waals surface area contributed by atoms with Gasteiger partial charge in [-0.15, -0.1) is 0 Å². The van der Waals surface area contributed by atoms with Crippen molar-refractivity contribution >= 4 is 17.6 Å². The average molecular weight is 590 g/mol. The minimum absolute atomic E-state index is 0.0977. The van der Waals surface area contributed by atoms with Gasteiger partial charge >= 0.3 is 5.97 Å². The van der Waals surface area contributed by atoms with Crippen molar-refractivity contribution in [3.05, 3.63) is 125 Å². The number of benzene rings is 5. The molecule has 0 aromatic heterocycles. The van der Waals surface area contributed by atoms with E-state index in [4.69, 9.17) is 14.2 Å². The van der Waals surface area contributed by atoms with E-state index in [0.717, 1.165) is 22.3 Å². The van der Waals surface area contributed by atoms with E-state index in [-0.39, 0.29) is 28.4 Å². The number of hydrogen-bond acceptors (Lipinski definition) is 7.